The van der Waals surface area contributed by atoms with Crippen LogP contribution in [0.1, 0.15) is 44.5 Å². The molecule has 1 atom stereocenters. The minimum Gasteiger partial charge on any atom is -0.447 e. The van der Waals surface area contributed by atoms with Crippen LogP contribution in [0.4, 0.5) is 10.1 Å². The zero-order chi connectivity index (χ0) is 22.8. The predicted molar refractivity (Wildman–Crippen MR) is 123 cm³/mol. The molecular formula is C24H25FN4O2S. The number of carbonyl (C=O) groups is 1. The number of hydrogen-bond donors (Lipinski definition) is 0. The smallest absolute Gasteiger partial charge is 0.247 e. The summed E-state index contributed by atoms with van der Waals surface area (Å²) in [5.74, 6) is 1.18. The first-order valence-electron chi connectivity index (χ1n) is 10.5. The molecule has 1 amide bonds. The van der Waals surface area contributed by atoms with Gasteiger partial charge in [0.15, 0.2) is 5.69 Å². The van der Waals surface area contributed by atoms with E-state index in [2.05, 4.69) is 29.0 Å². The Labute approximate surface area is 191 Å². The maximum absolute atomic E-state index is 13.6. The van der Waals surface area contributed by atoms with Crippen molar-refractivity contribution in [3.05, 3.63) is 59.4 Å². The van der Waals surface area contributed by atoms with Crippen LogP contribution in [-0.2, 0) is 4.79 Å². The molecule has 0 aliphatic carbocycles. The van der Waals surface area contributed by atoms with Crippen molar-refractivity contribution in [2.45, 2.75) is 45.5 Å². The van der Waals surface area contributed by atoms with Crippen LogP contribution in [0.5, 0.6) is 5.88 Å². The number of anilines is 1. The highest BCUT2D eigenvalue weighted by atomic mass is 32.2. The molecule has 32 heavy (non-hydrogen) atoms. The molecule has 1 aliphatic heterocycles. The number of nitrogens with zero attached hydrogens (tertiary/aromatic N) is 4. The van der Waals surface area contributed by atoms with E-state index in [1.165, 1.54) is 30.8 Å². The number of aromatic nitrogens is 3. The number of amides is 1. The summed E-state index contributed by atoms with van der Waals surface area (Å²) in [6, 6.07) is 11.7. The van der Waals surface area contributed by atoms with E-state index in [1.807, 2.05) is 25.1 Å². The SMILES string of the molecule is CC(=O)N1c2ccc(C)cc2-c2nnc(SCCC(C)C)nc2O[C@H]1c1ccc(F)cc1. The summed E-state index contributed by atoms with van der Waals surface area (Å²) < 4.78 is 19.9. The summed E-state index contributed by atoms with van der Waals surface area (Å²) >= 11 is 1.52. The van der Waals surface area contributed by atoms with Gasteiger partial charge in [-0.2, -0.15) is 4.98 Å². The molecule has 0 unspecified atom stereocenters. The van der Waals surface area contributed by atoms with Gasteiger partial charge in [-0.3, -0.25) is 9.69 Å². The molecule has 0 radical (unpaired) electrons. The number of ether oxygens (including phenoxy) is 1. The molecule has 1 aliphatic rings. The average molecular weight is 453 g/mol. The summed E-state index contributed by atoms with van der Waals surface area (Å²) in [5.41, 5.74) is 3.49. The maximum Gasteiger partial charge on any atom is 0.247 e. The van der Waals surface area contributed by atoms with Crippen molar-refractivity contribution < 1.29 is 13.9 Å². The van der Waals surface area contributed by atoms with Crippen LogP contribution in [0, 0.1) is 18.7 Å². The minimum atomic E-state index is -0.818. The standard InChI is InChI=1S/C24H25FN4O2S/c1-14(2)11-12-32-24-26-22-21(27-28-24)19-13-15(3)5-10-20(19)29(16(4)30)23(31-22)17-6-8-18(25)9-7-17/h5-10,13-14,23H,11-12H2,1-4H3/t23-/m0/s1. The van der Waals surface area contributed by atoms with Crippen LogP contribution in [0.15, 0.2) is 47.6 Å². The third-order valence-electron chi connectivity index (χ3n) is 5.18. The van der Waals surface area contributed by atoms with Gasteiger partial charge in [-0.1, -0.05) is 49.4 Å². The number of fused-ring (bicyclic) bond motifs is 3. The van der Waals surface area contributed by atoms with Gasteiger partial charge in [-0.05, 0) is 43.5 Å². The zero-order valence-corrected chi connectivity index (χ0v) is 19.3. The van der Waals surface area contributed by atoms with E-state index in [4.69, 9.17) is 4.74 Å². The second-order valence-corrected chi connectivity index (χ2v) is 9.27. The predicted octanol–water partition coefficient (Wildman–Crippen LogP) is 5.57. The van der Waals surface area contributed by atoms with Gasteiger partial charge in [0.25, 0.3) is 0 Å². The zero-order valence-electron chi connectivity index (χ0n) is 18.5. The fraction of sp³-hybridized carbons (Fsp3) is 0.333. The lowest BCUT2D eigenvalue weighted by Gasteiger charge is -2.30. The summed E-state index contributed by atoms with van der Waals surface area (Å²) in [7, 11) is 0. The lowest BCUT2D eigenvalue weighted by Crippen LogP contribution is -2.36. The fourth-order valence-corrected chi connectivity index (χ4v) is 4.53. The first-order valence-corrected chi connectivity index (χ1v) is 11.5. The molecule has 166 valence electrons. The van der Waals surface area contributed by atoms with Gasteiger partial charge < -0.3 is 4.74 Å². The van der Waals surface area contributed by atoms with Crippen molar-refractivity contribution in [1.82, 2.24) is 15.2 Å². The number of aryl methyl sites for hydroxylation is 1. The molecule has 0 saturated heterocycles. The monoisotopic (exact) mass is 452 g/mol. The highest BCUT2D eigenvalue weighted by Crippen LogP contribution is 2.43. The van der Waals surface area contributed by atoms with E-state index in [9.17, 15) is 9.18 Å². The largest absolute Gasteiger partial charge is 0.447 e. The summed E-state index contributed by atoms with van der Waals surface area (Å²) in [5, 5.41) is 9.27. The van der Waals surface area contributed by atoms with E-state index in [0.717, 1.165) is 23.3 Å². The second-order valence-electron chi connectivity index (χ2n) is 8.21. The molecule has 0 bridgehead atoms. The molecule has 6 nitrogen and oxygen atoms in total. The number of rotatable bonds is 5. The Morgan fingerprint density at radius 3 is 2.62 bits per heavy atom. The van der Waals surface area contributed by atoms with Crippen molar-refractivity contribution in [2.24, 2.45) is 5.92 Å². The van der Waals surface area contributed by atoms with Gasteiger partial charge in [0, 0.05) is 23.8 Å². The van der Waals surface area contributed by atoms with Crippen LogP contribution >= 0.6 is 11.8 Å². The number of halogens is 1. The van der Waals surface area contributed by atoms with Gasteiger partial charge in [0.1, 0.15) is 5.82 Å². The molecule has 4 rings (SSSR count). The quantitative estimate of drug-likeness (QED) is 0.472. The lowest BCUT2D eigenvalue weighted by atomic mass is 10.0. The van der Waals surface area contributed by atoms with Crippen molar-refractivity contribution in [3.63, 3.8) is 0 Å². The third-order valence-corrected chi connectivity index (χ3v) is 6.05. The van der Waals surface area contributed by atoms with Crippen molar-refractivity contribution in [2.75, 3.05) is 10.7 Å². The van der Waals surface area contributed by atoms with Crippen molar-refractivity contribution in [3.8, 4) is 17.1 Å². The molecule has 0 spiro atoms. The summed E-state index contributed by atoms with van der Waals surface area (Å²) in [6.07, 6.45) is 0.214. The second kappa shape index (κ2) is 9.24. The van der Waals surface area contributed by atoms with Crippen LogP contribution in [0.25, 0.3) is 11.3 Å². The van der Waals surface area contributed by atoms with Gasteiger partial charge in [0.05, 0.1) is 5.69 Å². The maximum atomic E-state index is 13.6. The Morgan fingerprint density at radius 1 is 1.19 bits per heavy atom. The van der Waals surface area contributed by atoms with E-state index in [-0.39, 0.29) is 11.7 Å². The normalized spacial score (nSPS) is 15.1. The Hall–Kier alpha value is -3.00. The van der Waals surface area contributed by atoms with Gasteiger partial charge in [-0.25, -0.2) is 4.39 Å². The van der Waals surface area contributed by atoms with Crippen molar-refractivity contribution in [1.29, 1.82) is 0 Å². The van der Waals surface area contributed by atoms with Crippen molar-refractivity contribution >= 4 is 23.4 Å². The minimum absolute atomic E-state index is 0.211. The number of benzene rings is 2. The van der Waals surface area contributed by atoms with E-state index in [1.54, 1.807) is 17.0 Å². The molecule has 2 aromatic carbocycles. The van der Waals surface area contributed by atoms with Crippen LogP contribution in [0.3, 0.4) is 0 Å². The molecule has 8 heteroatoms. The molecule has 0 N–H and O–H groups in total. The number of thioether (sulfide) groups is 1. The first kappa shape index (κ1) is 22.2. The van der Waals surface area contributed by atoms with Gasteiger partial charge >= 0.3 is 0 Å². The number of hydrogen-bond acceptors (Lipinski definition) is 6. The molecule has 3 aromatic rings. The highest BCUT2D eigenvalue weighted by Gasteiger charge is 2.34. The summed E-state index contributed by atoms with van der Waals surface area (Å²) in [6.45, 7) is 7.79. The molecule has 1 aromatic heterocycles. The Balaban J connectivity index is 1.84. The Bertz CT molecular complexity index is 1140. The molecule has 0 fully saturated rings. The van der Waals surface area contributed by atoms with E-state index >= 15 is 0 Å². The summed E-state index contributed by atoms with van der Waals surface area (Å²) in [4.78, 5) is 19.0. The van der Waals surface area contributed by atoms with Crippen LogP contribution in [-0.4, -0.2) is 26.8 Å². The Kier molecular flexibility index (Phi) is 6.41. The van der Waals surface area contributed by atoms with Crippen LogP contribution in [0.2, 0.25) is 0 Å². The highest BCUT2D eigenvalue weighted by molar-refractivity contribution is 7.99. The number of carbonyl (C=O) groups excluding carboxylic acids is 1. The molecule has 0 saturated carbocycles. The lowest BCUT2D eigenvalue weighted by molar-refractivity contribution is -0.118. The molecular weight excluding hydrogens is 427 g/mol. The van der Waals surface area contributed by atoms with E-state index in [0.29, 0.717) is 33.9 Å². The average Bonchev–Trinajstić information content (AvgIpc) is 2.88. The first-order chi connectivity index (χ1) is 15.3. The molecule has 2 heterocycles. The van der Waals surface area contributed by atoms with Gasteiger partial charge in [0.2, 0.25) is 23.2 Å². The Morgan fingerprint density at radius 2 is 1.94 bits per heavy atom. The fourth-order valence-electron chi connectivity index (χ4n) is 3.51. The van der Waals surface area contributed by atoms with Crippen LogP contribution < -0.4 is 9.64 Å². The van der Waals surface area contributed by atoms with Gasteiger partial charge in [-0.15, -0.1) is 10.2 Å². The topological polar surface area (TPSA) is 68.2 Å². The third kappa shape index (κ3) is 4.60. The van der Waals surface area contributed by atoms with E-state index < -0.39 is 6.23 Å².